The van der Waals surface area contributed by atoms with Crippen molar-refractivity contribution in [3.05, 3.63) is 0 Å². The molecule has 10 amide bonds. The molecule has 2 bridgehead atoms. The van der Waals surface area contributed by atoms with Crippen LogP contribution in [0, 0.1) is 11.8 Å². The minimum Gasteiger partial charge on any atom is -0.453 e. The summed E-state index contributed by atoms with van der Waals surface area (Å²) in [7, 11) is 12.4. The normalized spacial score (nSPS) is 26.7. The predicted octanol–water partition coefficient (Wildman–Crippen LogP) is 4.12. The van der Waals surface area contributed by atoms with E-state index in [4.69, 9.17) is 24.3 Å². The van der Waals surface area contributed by atoms with Crippen molar-refractivity contribution >= 4 is 70.7 Å². The molecule has 90 heavy (non-hydrogen) atoms. The number of methoxy groups -OCH3 is 1. The summed E-state index contributed by atoms with van der Waals surface area (Å²) in [5.74, 6) is -5.76. The van der Waals surface area contributed by atoms with Gasteiger partial charge in [-0.3, -0.25) is 58.0 Å². The summed E-state index contributed by atoms with van der Waals surface area (Å²) < 4.78 is 10.9. The van der Waals surface area contributed by atoms with E-state index in [2.05, 4.69) is 29.5 Å². The van der Waals surface area contributed by atoms with E-state index in [0.717, 1.165) is 37.4 Å². The molecule has 0 saturated carbocycles. The van der Waals surface area contributed by atoms with E-state index in [1.54, 1.807) is 97.2 Å². The Hall–Kier alpha value is -6.28. The highest BCUT2D eigenvalue weighted by Gasteiger charge is 2.50. The third kappa shape index (κ3) is 22.0. The van der Waals surface area contributed by atoms with Gasteiger partial charge in [0.05, 0.1) is 32.3 Å². The van der Waals surface area contributed by atoms with Crippen LogP contribution in [0.4, 0.5) is 4.79 Å². The van der Waals surface area contributed by atoms with Gasteiger partial charge in [0.1, 0.15) is 54.4 Å². The Morgan fingerprint density at radius 2 is 1.26 bits per heavy atom. The van der Waals surface area contributed by atoms with Crippen molar-refractivity contribution in [3.8, 4) is 0 Å². The van der Waals surface area contributed by atoms with E-state index in [-0.39, 0.29) is 44.2 Å². The van der Waals surface area contributed by atoms with Crippen LogP contribution >= 0.6 is 0 Å². The Morgan fingerprint density at radius 3 is 1.82 bits per heavy atom. The molecule has 12 atom stereocenters. The molecule has 2 aliphatic heterocycles. The van der Waals surface area contributed by atoms with Crippen molar-refractivity contribution in [3.63, 3.8) is 0 Å². The third-order valence-corrected chi connectivity index (χ3v) is 17.6. The van der Waals surface area contributed by atoms with Crippen LogP contribution in [0.3, 0.4) is 0 Å². The number of alkyl carbamates (subject to hydrolysis) is 1. The maximum Gasteiger partial charge on any atom is 0.406 e. The average Bonchev–Trinajstić information content (AvgIpc) is 1.67. The van der Waals surface area contributed by atoms with Gasteiger partial charge in [-0.1, -0.05) is 48.0 Å². The number of fused-ring (bicyclic) bond motifs is 2. The zero-order valence-corrected chi connectivity index (χ0v) is 58.9. The molecule has 2 rings (SSSR count). The second-order valence-corrected chi connectivity index (χ2v) is 25.5. The van der Waals surface area contributed by atoms with E-state index in [1.165, 1.54) is 69.6 Å². The van der Waals surface area contributed by atoms with Crippen LogP contribution in [0.25, 0.3) is 0 Å². The van der Waals surface area contributed by atoms with Gasteiger partial charge in [0, 0.05) is 72.9 Å². The number of amides is 10. The van der Waals surface area contributed by atoms with Gasteiger partial charge in [0.15, 0.2) is 0 Å². The van der Waals surface area contributed by atoms with E-state index in [0.29, 0.717) is 37.3 Å². The van der Waals surface area contributed by atoms with Crippen LogP contribution < -0.4 is 10.6 Å². The largest absolute Gasteiger partial charge is 0.453 e. The Morgan fingerprint density at radius 1 is 0.667 bits per heavy atom. The van der Waals surface area contributed by atoms with Gasteiger partial charge in [0.25, 0.3) is 5.91 Å². The molecule has 2 aliphatic rings. The van der Waals surface area contributed by atoms with E-state index < -0.39 is 138 Å². The molecular formula is C64H115N13O13. The van der Waals surface area contributed by atoms with Gasteiger partial charge < -0.3 is 59.3 Å². The third-order valence-electron chi connectivity index (χ3n) is 17.6. The quantitative estimate of drug-likeness (QED) is 0.162. The summed E-state index contributed by atoms with van der Waals surface area (Å²) in [5.41, 5.74) is 0.880. The molecule has 1 fully saturated rings. The number of aliphatic imine (C=N–C) groups is 2. The first-order valence-corrected chi connectivity index (χ1v) is 32.4. The monoisotopic (exact) mass is 1270 g/mol. The van der Waals surface area contributed by atoms with Gasteiger partial charge >= 0.3 is 6.09 Å². The lowest BCUT2D eigenvalue weighted by atomic mass is 9.93. The van der Waals surface area contributed by atoms with Crippen LogP contribution in [-0.2, 0) is 57.5 Å². The zero-order chi connectivity index (χ0) is 68.8. The van der Waals surface area contributed by atoms with Gasteiger partial charge in [-0.2, -0.15) is 0 Å². The molecule has 26 heteroatoms. The summed E-state index contributed by atoms with van der Waals surface area (Å²) >= 11 is 0. The molecule has 2 N–H and O–H groups in total. The topological polar surface area (TPSA) is 276 Å². The van der Waals surface area contributed by atoms with Crippen molar-refractivity contribution in [2.24, 2.45) is 21.8 Å². The number of nitrogens with one attached hydrogen (secondary N) is 2. The smallest absolute Gasteiger partial charge is 0.406 e. The number of nitrogens with zero attached hydrogens (tertiary/aromatic N) is 11. The van der Waals surface area contributed by atoms with Gasteiger partial charge in [-0.25, -0.2) is 9.86 Å². The lowest BCUT2D eigenvalue weighted by Gasteiger charge is -2.39. The highest BCUT2D eigenvalue weighted by molar-refractivity contribution is 6.00. The summed E-state index contributed by atoms with van der Waals surface area (Å²) in [6.45, 7) is 28.5. The molecule has 0 radical (unpaired) electrons. The first kappa shape index (κ1) is 79.8. The summed E-state index contributed by atoms with van der Waals surface area (Å²) in [6.07, 6.45) is 2.87. The van der Waals surface area contributed by atoms with Crippen molar-refractivity contribution in [1.29, 1.82) is 0 Å². The molecule has 2 heterocycles. The Bertz CT molecular complexity index is 2480. The number of unbranched alkanes of at least 4 members (excludes halogenated alkanes) is 2. The Balaban J connectivity index is 2.89. The Labute approximate surface area is 537 Å². The molecule has 0 spiro atoms. The average molecular weight is 1270 g/mol. The first-order valence-electron chi connectivity index (χ1n) is 32.4. The minimum absolute atomic E-state index is 0.0230. The fraction of sp³-hybridized carbons (Fsp3) is 0.812. The standard InChI is InChI=1S/C64H115N13O13/c1-24-33-69(16)34-29-30-35-89-38-52-43(10)67-44(11)57(80)71(18)46(13)42(9)66-45(12)58(81)76(40(6)7)50(26-3)62(85)73(20)51(36-39(4)5)61(84)70(17)37-53(78)75(22)55-48(15)90-77(63(55)86)54(41(8)31-27-28-32-65-64(87)88-23)56(79)68-49(25-2)60(83)72(19)47(14)59(82)74(52)21/h39-41,44-52,54-55H,24-38H2,1-23H3,(H,65,87)(H,68,79). The molecule has 26 nitrogen and oxygen atoms in total. The van der Waals surface area contributed by atoms with Crippen molar-refractivity contribution in [1.82, 2.24) is 54.9 Å². The van der Waals surface area contributed by atoms with Crippen molar-refractivity contribution in [2.75, 3.05) is 95.8 Å². The number of hydrogen-bond acceptors (Lipinski definition) is 16. The van der Waals surface area contributed by atoms with E-state index in [1.807, 2.05) is 13.8 Å². The zero-order valence-electron chi connectivity index (χ0n) is 58.9. The molecular weight excluding hydrogens is 1160 g/mol. The van der Waals surface area contributed by atoms with Gasteiger partial charge in [-0.15, -0.1) is 0 Å². The van der Waals surface area contributed by atoms with Crippen molar-refractivity contribution in [2.45, 2.75) is 234 Å². The second kappa shape index (κ2) is 37.9. The van der Waals surface area contributed by atoms with Crippen molar-refractivity contribution < 1.29 is 62.3 Å². The number of ether oxygens (including phenoxy) is 2. The second-order valence-electron chi connectivity index (χ2n) is 25.5. The van der Waals surface area contributed by atoms with Crippen LogP contribution in [0.15, 0.2) is 9.98 Å². The predicted molar refractivity (Wildman–Crippen MR) is 347 cm³/mol. The highest BCUT2D eigenvalue weighted by Crippen LogP contribution is 2.29. The molecule has 0 aromatic carbocycles. The molecule has 0 aromatic heterocycles. The number of rotatable bonds is 20. The highest BCUT2D eigenvalue weighted by atomic mass is 16.7. The summed E-state index contributed by atoms with van der Waals surface area (Å²) in [6, 6.07) is -10.8. The fourth-order valence-corrected chi connectivity index (χ4v) is 11.6. The van der Waals surface area contributed by atoms with Crippen LogP contribution in [0.1, 0.15) is 162 Å². The molecule has 0 aliphatic carbocycles. The SMILES string of the molecule is CCCN(C)CCCCOCC1C(C)=NC(C)C(=O)N(C)C(C)C(C)=NC(C)C(=O)N(C(C)C)C(CC)C(=O)N(C)C(CC(C)C)C(=O)N(C)CC(=O)N(C)C2C(=O)N(OC2C)C(C(C)CCCCNC(=O)OC)C(=O)NC(CC)C(=O)N(C)C(C)C(=O)N1C. The summed E-state index contributed by atoms with van der Waals surface area (Å²) in [5, 5.41) is 6.46. The van der Waals surface area contributed by atoms with Crippen LogP contribution in [0.5, 0.6) is 0 Å². The molecule has 1 saturated heterocycles. The number of carbonyl (C=O) groups is 10. The van der Waals surface area contributed by atoms with Crippen LogP contribution in [-0.4, -0.2) is 283 Å². The molecule has 514 valence electrons. The number of carbonyl (C=O) groups excluding carboxylic acids is 10. The minimum atomic E-state index is -1.35. The maximum atomic E-state index is 14.9. The van der Waals surface area contributed by atoms with Crippen LogP contribution in [0.2, 0.25) is 0 Å². The number of hydrogen-bond donors (Lipinski definition) is 2. The lowest BCUT2D eigenvalue weighted by Crippen LogP contribution is -2.59. The van der Waals surface area contributed by atoms with E-state index in [9.17, 15) is 47.9 Å². The number of likely N-dealkylation sites (N-methyl/N-ethyl adjacent to an activating group) is 6. The Kier molecular flexibility index (Phi) is 33.6. The molecule has 0 aromatic rings. The fourth-order valence-electron chi connectivity index (χ4n) is 11.6. The summed E-state index contributed by atoms with van der Waals surface area (Å²) in [4.78, 5) is 171. The van der Waals surface area contributed by atoms with Gasteiger partial charge in [-0.05, 0) is 146 Å². The van der Waals surface area contributed by atoms with Gasteiger partial charge in [0.2, 0.25) is 47.3 Å². The molecule has 12 unspecified atom stereocenters. The number of hydroxylamine groups is 2. The van der Waals surface area contributed by atoms with E-state index >= 15 is 0 Å². The lowest BCUT2D eigenvalue weighted by molar-refractivity contribution is -0.195. The first-order chi connectivity index (χ1) is 42.1. The maximum absolute atomic E-state index is 14.9.